The molecule has 0 spiro atoms. The number of ether oxygens (including phenoxy) is 1. The number of hydrogen-bond donors (Lipinski definition) is 0. The molecule has 26 heavy (non-hydrogen) atoms. The summed E-state index contributed by atoms with van der Waals surface area (Å²) in [6.45, 7) is 9.11. The van der Waals surface area contributed by atoms with E-state index >= 15 is 0 Å². The SMILES string of the molecule is CCOC(=O)c1cnc(-n2nc(C)cc2C)nc1N1CCCC[C@H]1CC. The van der Waals surface area contributed by atoms with Crippen LogP contribution < -0.4 is 4.90 Å². The zero-order chi connectivity index (χ0) is 18.7. The van der Waals surface area contributed by atoms with Gasteiger partial charge >= 0.3 is 5.97 Å². The van der Waals surface area contributed by atoms with Crippen molar-refractivity contribution in [1.29, 1.82) is 0 Å². The number of nitrogens with zero attached hydrogens (tertiary/aromatic N) is 5. The van der Waals surface area contributed by atoms with Gasteiger partial charge in [0.1, 0.15) is 11.4 Å². The fourth-order valence-corrected chi connectivity index (χ4v) is 3.57. The third kappa shape index (κ3) is 3.57. The summed E-state index contributed by atoms with van der Waals surface area (Å²) in [5, 5.41) is 4.47. The van der Waals surface area contributed by atoms with Gasteiger partial charge in [0.15, 0.2) is 0 Å². The maximum Gasteiger partial charge on any atom is 0.343 e. The molecule has 3 heterocycles. The van der Waals surface area contributed by atoms with E-state index in [9.17, 15) is 4.79 Å². The Bertz CT molecular complexity index is 786. The summed E-state index contributed by atoms with van der Waals surface area (Å²) >= 11 is 0. The van der Waals surface area contributed by atoms with E-state index in [4.69, 9.17) is 9.72 Å². The van der Waals surface area contributed by atoms with Crippen LogP contribution in [0.2, 0.25) is 0 Å². The van der Waals surface area contributed by atoms with Gasteiger partial charge in [0.2, 0.25) is 0 Å². The molecule has 0 bridgehead atoms. The molecule has 1 atom stereocenters. The van der Waals surface area contributed by atoms with E-state index in [0.717, 1.165) is 37.2 Å². The number of rotatable bonds is 5. The Morgan fingerprint density at radius 3 is 2.77 bits per heavy atom. The first-order valence-electron chi connectivity index (χ1n) is 9.39. The lowest BCUT2D eigenvalue weighted by Gasteiger charge is -2.37. The topological polar surface area (TPSA) is 73.1 Å². The minimum atomic E-state index is -0.372. The van der Waals surface area contributed by atoms with E-state index in [1.54, 1.807) is 17.8 Å². The van der Waals surface area contributed by atoms with Crippen molar-refractivity contribution in [3.8, 4) is 5.95 Å². The molecule has 0 aromatic carbocycles. The average molecular weight is 357 g/mol. The summed E-state index contributed by atoms with van der Waals surface area (Å²) in [6.07, 6.45) is 6.00. The van der Waals surface area contributed by atoms with Gasteiger partial charge in [-0.3, -0.25) is 0 Å². The van der Waals surface area contributed by atoms with Gasteiger partial charge in [0, 0.05) is 24.5 Å². The van der Waals surface area contributed by atoms with Gasteiger partial charge in [-0.15, -0.1) is 0 Å². The van der Waals surface area contributed by atoms with E-state index in [1.165, 1.54) is 6.42 Å². The fraction of sp³-hybridized carbons (Fsp3) is 0.579. The van der Waals surface area contributed by atoms with E-state index in [1.807, 2.05) is 19.9 Å². The Balaban J connectivity index is 2.08. The molecule has 0 radical (unpaired) electrons. The second-order valence-corrected chi connectivity index (χ2v) is 6.72. The van der Waals surface area contributed by atoms with Crippen molar-refractivity contribution in [2.75, 3.05) is 18.1 Å². The Morgan fingerprint density at radius 1 is 1.31 bits per heavy atom. The van der Waals surface area contributed by atoms with Crippen LogP contribution in [0.15, 0.2) is 12.3 Å². The van der Waals surface area contributed by atoms with E-state index < -0.39 is 0 Å². The first kappa shape index (κ1) is 18.4. The summed E-state index contributed by atoms with van der Waals surface area (Å²) in [5.74, 6) is 0.773. The quantitative estimate of drug-likeness (QED) is 0.765. The number of anilines is 1. The summed E-state index contributed by atoms with van der Waals surface area (Å²) in [5.41, 5.74) is 2.30. The lowest BCUT2D eigenvalue weighted by molar-refractivity contribution is 0.0526. The summed E-state index contributed by atoms with van der Waals surface area (Å²) in [6, 6.07) is 2.36. The van der Waals surface area contributed by atoms with Gasteiger partial charge in [-0.05, 0) is 52.5 Å². The second-order valence-electron chi connectivity index (χ2n) is 6.72. The number of hydrogen-bond acceptors (Lipinski definition) is 6. The van der Waals surface area contributed by atoms with Crippen molar-refractivity contribution in [1.82, 2.24) is 19.7 Å². The Hall–Kier alpha value is -2.44. The van der Waals surface area contributed by atoms with Crippen molar-refractivity contribution in [2.45, 2.75) is 59.4 Å². The van der Waals surface area contributed by atoms with Gasteiger partial charge in [-0.1, -0.05) is 6.92 Å². The summed E-state index contributed by atoms with van der Waals surface area (Å²) < 4.78 is 6.95. The molecule has 2 aromatic rings. The summed E-state index contributed by atoms with van der Waals surface area (Å²) in [7, 11) is 0. The largest absolute Gasteiger partial charge is 0.462 e. The molecule has 0 saturated carbocycles. The molecule has 0 aliphatic carbocycles. The van der Waals surface area contributed by atoms with Gasteiger partial charge in [-0.25, -0.2) is 14.5 Å². The molecule has 140 valence electrons. The smallest absolute Gasteiger partial charge is 0.343 e. The van der Waals surface area contributed by atoms with Crippen LogP contribution in [0.4, 0.5) is 5.82 Å². The highest BCUT2D eigenvalue weighted by atomic mass is 16.5. The van der Waals surface area contributed by atoms with Gasteiger partial charge in [0.05, 0.1) is 12.3 Å². The van der Waals surface area contributed by atoms with Crippen LogP contribution in [0.3, 0.4) is 0 Å². The van der Waals surface area contributed by atoms with E-state index in [0.29, 0.717) is 30.0 Å². The van der Waals surface area contributed by atoms with Crippen LogP contribution in [0.1, 0.15) is 61.3 Å². The van der Waals surface area contributed by atoms with Gasteiger partial charge < -0.3 is 9.64 Å². The highest BCUT2D eigenvalue weighted by Gasteiger charge is 2.28. The van der Waals surface area contributed by atoms with Crippen molar-refractivity contribution in [2.24, 2.45) is 0 Å². The number of carbonyl (C=O) groups excluding carboxylic acids is 1. The minimum absolute atomic E-state index is 0.328. The monoisotopic (exact) mass is 357 g/mol. The number of aryl methyl sites for hydroxylation is 2. The molecule has 1 fully saturated rings. The van der Waals surface area contributed by atoms with Gasteiger partial charge in [0.25, 0.3) is 5.95 Å². The van der Waals surface area contributed by atoms with E-state index in [-0.39, 0.29) is 5.97 Å². The van der Waals surface area contributed by atoms with Crippen molar-refractivity contribution >= 4 is 11.8 Å². The molecule has 1 aliphatic rings. The van der Waals surface area contributed by atoms with Crippen LogP contribution in [0.25, 0.3) is 5.95 Å². The average Bonchev–Trinajstić information content (AvgIpc) is 2.99. The van der Waals surface area contributed by atoms with E-state index in [2.05, 4.69) is 21.9 Å². The first-order valence-corrected chi connectivity index (χ1v) is 9.39. The maximum atomic E-state index is 12.5. The molecule has 0 unspecified atom stereocenters. The van der Waals surface area contributed by atoms with Crippen molar-refractivity contribution in [3.63, 3.8) is 0 Å². The third-order valence-corrected chi connectivity index (χ3v) is 4.82. The lowest BCUT2D eigenvalue weighted by Crippen LogP contribution is -2.41. The number of piperidine rings is 1. The molecule has 7 heteroatoms. The summed E-state index contributed by atoms with van der Waals surface area (Å²) in [4.78, 5) is 23.9. The molecular weight excluding hydrogens is 330 g/mol. The number of esters is 1. The molecule has 7 nitrogen and oxygen atoms in total. The molecule has 0 N–H and O–H groups in total. The minimum Gasteiger partial charge on any atom is -0.462 e. The Kier molecular flexibility index (Phi) is 5.54. The lowest BCUT2D eigenvalue weighted by atomic mass is 9.99. The van der Waals surface area contributed by atoms with Crippen LogP contribution in [-0.4, -0.2) is 44.9 Å². The predicted octanol–water partition coefficient (Wildman–Crippen LogP) is 3.22. The molecule has 1 saturated heterocycles. The molecule has 3 rings (SSSR count). The number of carbonyl (C=O) groups is 1. The van der Waals surface area contributed by atoms with Crippen molar-refractivity contribution < 1.29 is 9.53 Å². The van der Waals surface area contributed by atoms with Gasteiger partial charge in [-0.2, -0.15) is 10.1 Å². The second kappa shape index (κ2) is 7.85. The number of aromatic nitrogens is 4. The zero-order valence-electron chi connectivity index (χ0n) is 16.0. The third-order valence-electron chi connectivity index (χ3n) is 4.82. The zero-order valence-corrected chi connectivity index (χ0v) is 16.0. The van der Waals surface area contributed by atoms with Crippen molar-refractivity contribution in [3.05, 3.63) is 29.2 Å². The molecular formula is C19H27N5O2. The highest BCUT2D eigenvalue weighted by molar-refractivity contribution is 5.94. The van der Waals surface area contributed by atoms with Crippen LogP contribution in [-0.2, 0) is 4.74 Å². The van der Waals surface area contributed by atoms with Crippen LogP contribution in [0, 0.1) is 13.8 Å². The Morgan fingerprint density at radius 2 is 2.12 bits per heavy atom. The first-order chi connectivity index (χ1) is 12.5. The standard InChI is InChI=1S/C19H27N5O2/c1-5-15-9-7-8-10-23(15)17-16(18(25)26-6-2)12-20-19(21-17)24-14(4)11-13(3)22-24/h11-12,15H,5-10H2,1-4H3/t15-/m1/s1. The molecule has 1 aliphatic heterocycles. The van der Waals surface area contributed by atoms with Crippen LogP contribution >= 0.6 is 0 Å². The van der Waals surface area contributed by atoms with Crippen LogP contribution in [0.5, 0.6) is 0 Å². The normalized spacial score (nSPS) is 17.4. The fourth-order valence-electron chi connectivity index (χ4n) is 3.57. The maximum absolute atomic E-state index is 12.5. The molecule has 2 aromatic heterocycles. The highest BCUT2D eigenvalue weighted by Crippen LogP contribution is 2.28. The predicted molar refractivity (Wildman–Crippen MR) is 99.9 cm³/mol. The molecule has 0 amide bonds. The Labute approximate surface area is 154 Å².